The number of carbonyl (C=O) groups is 1. The van der Waals surface area contributed by atoms with Gasteiger partial charge in [0.1, 0.15) is 11.4 Å². The van der Waals surface area contributed by atoms with Crippen molar-refractivity contribution in [2.24, 2.45) is 11.8 Å². The fourth-order valence-electron chi connectivity index (χ4n) is 4.52. The highest BCUT2D eigenvalue weighted by molar-refractivity contribution is 7.18. The zero-order chi connectivity index (χ0) is 22.4. The summed E-state index contributed by atoms with van der Waals surface area (Å²) in [5.74, 6) is 0.768. The van der Waals surface area contributed by atoms with Crippen LogP contribution in [-0.2, 0) is 11.3 Å². The summed E-state index contributed by atoms with van der Waals surface area (Å²) in [6.07, 6.45) is 1.10. The molecule has 0 unspecified atom stereocenters. The van der Waals surface area contributed by atoms with Gasteiger partial charge in [-0.05, 0) is 61.9 Å². The standard InChI is InChI=1S/C23H26ClN3O3S/c1-13-9-14(2)11-25(10-13)19(28)12-26-22-20(15(3)16(4)31-22)21(29)27(23(26)30)18-7-5-17(24)6-8-18/h5-8,13-14H,9-12H2,1-4H3/t13-,14-/m1/s1. The Morgan fingerprint density at radius 3 is 2.32 bits per heavy atom. The van der Waals surface area contributed by atoms with Crippen molar-refractivity contribution in [3.8, 4) is 5.69 Å². The third-order valence-electron chi connectivity index (χ3n) is 6.05. The lowest BCUT2D eigenvalue weighted by Crippen LogP contribution is -2.46. The van der Waals surface area contributed by atoms with Crippen LogP contribution < -0.4 is 11.2 Å². The van der Waals surface area contributed by atoms with Gasteiger partial charge in [0.2, 0.25) is 5.91 Å². The normalized spacial score (nSPS) is 19.2. The summed E-state index contributed by atoms with van der Waals surface area (Å²) in [7, 11) is 0. The van der Waals surface area contributed by atoms with Crippen molar-refractivity contribution in [1.29, 1.82) is 0 Å². The number of carbonyl (C=O) groups excluding carboxylic acids is 1. The molecule has 2 aromatic heterocycles. The van der Waals surface area contributed by atoms with Crippen molar-refractivity contribution in [1.82, 2.24) is 14.0 Å². The molecule has 1 amide bonds. The fourth-order valence-corrected chi connectivity index (χ4v) is 5.78. The molecular formula is C23H26ClN3O3S. The van der Waals surface area contributed by atoms with Gasteiger partial charge in [0.25, 0.3) is 5.56 Å². The number of halogens is 1. The minimum atomic E-state index is -0.507. The van der Waals surface area contributed by atoms with Gasteiger partial charge in [0.05, 0.1) is 11.1 Å². The van der Waals surface area contributed by atoms with Crippen LogP contribution in [-0.4, -0.2) is 33.0 Å². The van der Waals surface area contributed by atoms with Gasteiger partial charge in [-0.3, -0.25) is 14.2 Å². The summed E-state index contributed by atoms with van der Waals surface area (Å²) in [5, 5.41) is 1.01. The molecule has 0 aliphatic carbocycles. The molecule has 1 aromatic carbocycles. The molecule has 164 valence electrons. The fraction of sp³-hybridized carbons (Fsp3) is 0.435. The van der Waals surface area contributed by atoms with Gasteiger partial charge in [-0.25, -0.2) is 9.36 Å². The lowest BCUT2D eigenvalue weighted by Gasteiger charge is -2.35. The van der Waals surface area contributed by atoms with Gasteiger partial charge in [0, 0.05) is 23.0 Å². The van der Waals surface area contributed by atoms with Crippen LogP contribution in [0.3, 0.4) is 0 Å². The number of piperidine rings is 1. The molecule has 0 bridgehead atoms. The first-order valence-electron chi connectivity index (χ1n) is 10.5. The number of rotatable bonds is 3. The van der Waals surface area contributed by atoms with E-state index in [1.165, 1.54) is 15.9 Å². The van der Waals surface area contributed by atoms with Gasteiger partial charge in [-0.1, -0.05) is 25.4 Å². The summed E-state index contributed by atoms with van der Waals surface area (Å²) < 4.78 is 2.61. The molecule has 1 saturated heterocycles. The Morgan fingerprint density at radius 2 is 1.71 bits per heavy atom. The summed E-state index contributed by atoms with van der Waals surface area (Å²) >= 11 is 7.38. The Balaban J connectivity index is 1.87. The van der Waals surface area contributed by atoms with Crippen LogP contribution in [0.1, 0.15) is 30.7 Å². The van der Waals surface area contributed by atoms with Crippen LogP contribution in [0.25, 0.3) is 15.9 Å². The predicted molar refractivity (Wildman–Crippen MR) is 126 cm³/mol. The number of hydrogen-bond donors (Lipinski definition) is 0. The van der Waals surface area contributed by atoms with Crippen molar-refractivity contribution < 1.29 is 4.79 Å². The van der Waals surface area contributed by atoms with Crippen LogP contribution in [0.15, 0.2) is 33.9 Å². The van der Waals surface area contributed by atoms with Gasteiger partial charge in [0.15, 0.2) is 0 Å². The summed E-state index contributed by atoms with van der Waals surface area (Å²) in [5.41, 5.74) is 0.403. The minimum absolute atomic E-state index is 0.0813. The molecule has 0 spiro atoms. The van der Waals surface area contributed by atoms with Crippen molar-refractivity contribution in [3.63, 3.8) is 0 Å². The lowest BCUT2D eigenvalue weighted by atomic mass is 9.92. The Labute approximate surface area is 189 Å². The average molecular weight is 460 g/mol. The molecular weight excluding hydrogens is 434 g/mol. The van der Waals surface area contributed by atoms with Crippen LogP contribution >= 0.6 is 22.9 Å². The van der Waals surface area contributed by atoms with Gasteiger partial charge >= 0.3 is 5.69 Å². The average Bonchev–Trinajstić information content (AvgIpc) is 3.00. The number of nitrogens with zero attached hydrogens (tertiary/aromatic N) is 3. The topological polar surface area (TPSA) is 64.3 Å². The molecule has 1 fully saturated rings. The number of hydrogen-bond acceptors (Lipinski definition) is 4. The van der Waals surface area contributed by atoms with Crippen molar-refractivity contribution in [2.75, 3.05) is 13.1 Å². The predicted octanol–water partition coefficient (Wildman–Crippen LogP) is 3.99. The second kappa shape index (κ2) is 8.28. The van der Waals surface area contributed by atoms with Crippen LogP contribution in [0, 0.1) is 25.7 Å². The van der Waals surface area contributed by atoms with Crippen LogP contribution in [0.2, 0.25) is 5.02 Å². The van der Waals surface area contributed by atoms with Gasteiger partial charge in [-0.2, -0.15) is 0 Å². The molecule has 1 aliphatic heterocycles. The van der Waals surface area contributed by atoms with E-state index in [0.717, 1.165) is 21.4 Å². The zero-order valence-electron chi connectivity index (χ0n) is 18.1. The lowest BCUT2D eigenvalue weighted by molar-refractivity contribution is -0.134. The summed E-state index contributed by atoms with van der Waals surface area (Å²) in [4.78, 5) is 43.4. The monoisotopic (exact) mass is 459 g/mol. The maximum absolute atomic E-state index is 13.5. The number of benzene rings is 1. The van der Waals surface area contributed by atoms with E-state index in [4.69, 9.17) is 11.6 Å². The highest BCUT2D eigenvalue weighted by Gasteiger charge is 2.27. The van der Waals surface area contributed by atoms with Crippen LogP contribution in [0.5, 0.6) is 0 Å². The number of amides is 1. The Bertz CT molecular complexity index is 1260. The first-order chi connectivity index (χ1) is 14.7. The number of thiophene rings is 1. The van der Waals surface area contributed by atoms with E-state index in [0.29, 0.717) is 45.9 Å². The van der Waals surface area contributed by atoms with Crippen molar-refractivity contribution >= 4 is 39.1 Å². The van der Waals surface area contributed by atoms with Crippen LogP contribution in [0.4, 0.5) is 0 Å². The molecule has 3 aromatic rings. The zero-order valence-corrected chi connectivity index (χ0v) is 19.7. The molecule has 4 rings (SSSR count). The Morgan fingerprint density at radius 1 is 1.10 bits per heavy atom. The van der Waals surface area contributed by atoms with E-state index in [1.807, 2.05) is 18.7 Å². The molecule has 0 N–H and O–H groups in total. The van der Waals surface area contributed by atoms with Crippen molar-refractivity contribution in [2.45, 2.75) is 40.7 Å². The van der Waals surface area contributed by atoms with E-state index >= 15 is 0 Å². The number of likely N-dealkylation sites (tertiary alicyclic amines) is 1. The Kier molecular flexibility index (Phi) is 5.83. The molecule has 1 aliphatic rings. The van der Waals surface area contributed by atoms with E-state index in [1.54, 1.807) is 24.3 Å². The smallest absolute Gasteiger partial charge is 0.337 e. The molecule has 0 saturated carbocycles. The molecule has 3 heterocycles. The third-order valence-corrected chi connectivity index (χ3v) is 7.53. The maximum Gasteiger partial charge on any atom is 0.337 e. The quantitative estimate of drug-likeness (QED) is 0.594. The first kappa shape index (κ1) is 21.8. The first-order valence-corrected chi connectivity index (χ1v) is 11.7. The molecule has 2 atom stereocenters. The second-order valence-electron chi connectivity index (χ2n) is 8.69. The third kappa shape index (κ3) is 3.96. The maximum atomic E-state index is 13.5. The SMILES string of the molecule is Cc1sc2c(c1C)c(=O)n(-c1ccc(Cl)cc1)c(=O)n2CC(=O)N1C[C@H](C)C[C@@H](C)C1. The number of aromatic nitrogens is 2. The summed E-state index contributed by atoms with van der Waals surface area (Å²) in [6.45, 7) is 9.41. The second-order valence-corrected chi connectivity index (χ2v) is 10.3. The highest BCUT2D eigenvalue weighted by Crippen LogP contribution is 2.28. The minimum Gasteiger partial charge on any atom is -0.341 e. The molecule has 8 heteroatoms. The molecule has 31 heavy (non-hydrogen) atoms. The van der Waals surface area contributed by atoms with E-state index in [9.17, 15) is 14.4 Å². The largest absolute Gasteiger partial charge is 0.341 e. The van der Waals surface area contributed by atoms with Gasteiger partial charge < -0.3 is 4.90 Å². The van der Waals surface area contributed by atoms with Crippen molar-refractivity contribution in [3.05, 3.63) is 60.6 Å². The number of aryl methyl sites for hydroxylation is 2. The molecule has 0 radical (unpaired) electrons. The van der Waals surface area contributed by atoms with E-state index < -0.39 is 5.69 Å². The Hall–Kier alpha value is -2.38. The van der Waals surface area contributed by atoms with E-state index in [2.05, 4.69) is 13.8 Å². The molecule has 6 nitrogen and oxygen atoms in total. The highest BCUT2D eigenvalue weighted by atomic mass is 35.5. The summed E-state index contributed by atoms with van der Waals surface area (Å²) in [6, 6.07) is 6.58. The van der Waals surface area contributed by atoms with E-state index in [-0.39, 0.29) is 18.0 Å². The number of fused-ring (bicyclic) bond motifs is 1. The van der Waals surface area contributed by atoms with Gasteiger partial charge in [-0.15, -0.1) is 11.3 Å².